The molecule has 0 bridgehead atoms. The maximum Gasteiger partial charge on any atom is 0.332 e. The van der Waals surface area contributed by atoms with E-state index in [1.807, 2.05) is 18.2 Å². The highest BCUT2D eigenvalue weighted by Gasteiger charge is 2.51. The minimum Gasteiger partial charge on any atom is -0.360 e. The molecule has 0 radical (unpaired) electrons. The first-order chi connectivity index (χ1) is 19.9. The van der Waals surface area contributed by atoms with Crippen molar-refractivity contribution in [3.05, 3.63) is 64.8 Å². The quantitative estimate of drug-likeness (QED) is 0.367. The first-order valence-electron chi connectivity index (χ1n) is 15.0. The first kappa shape index (κ1) is 26.5. The van der Waals surface area contributed by atoms with Gasteiger partial charge < -0.3 is 20.1 Å². The van der Waals surface area contributed by atoms with E-state index >= 15 is 0 Å². The molecule has 4 aliphatic rings. The fourth-order valence-corrected chi connectivity index (χ4v) is 7.59. The van der Waals surface area contributed by atoms with Crippen molar-refractivity contribution in [2.75, 3.05) is 31.1 Å². The first-order valence-corrected chi connectivity index (χ1v) is 15.4. The molecule has 1 saturated carbocycles. The van der Waals surface area contributed by atoms with Crippen molar-refractivity contribution in [1.82, 2.24) is 20.1 Å². The number of aromatic amines is 1. The lowest BCUT2D eigenvalue weighted by molar-refractivity contribution is -0.121. The molecule has 2 aromatic carbocycles. The Morgan fingerprint density at radius 1 is 1.00 bits per heavy atom. The number of fused-ring (bicyclic) bond motifs is 2. The monoisotopic (exact) mass is 573 g/mol. The third-order valence-electron chi connectivity index (χ3n) is 9.91. The van der Waals surface area contributed by atoms with Crippen LogP contribution in [0.5, 0.6) is 0 Å². The molecule has 0 unspecified atom stereocenters. The number of hydrogen-bond donors (Lipinski definition) is 2. The molecule has 3 aromatic rings. The van der Waals surface area contributed by atoms with E-state index in [4.69, 9.17) is 11.6 Å². The third kappa shape index (κ3) is 4.61. The van der Waals surface area contributed by atoms with Crippen molar-refractivity contribution in [2.45, 2.75) is 68.9 Å². The summed E-state index contributed by atoms with van der Waals surface area (Å²) in [7, 11) is 0. The lowest BCUT2D eigenvalue weighted by Gasteiger charge is -2.43. The topological polar surface area (TPSA) is 88.8 Å². The summed E-state index contributed by atoms with van der Waals surface area (Å²) < 4.78 is 0. The Kier molecular flexibility index (Phi) is 6.78. The van der Waals surface area contributed by atoms with E-state index in [1.165, 1.54) is 55.7 Å². The van der Waals surface area contributed by atoms with Gasteiger partial charge in [0.25, 0.3) is 11.8 Å². The van der Waals surface area contributed by atoms with Crippen LogP contribution in [0.3, 0.4) is 0 Å². The van der Waals surface area contributed by atoms with Gasteiger partial charge in [0, 0.05) is 29.2 Å². The van der Waals surface area contributed by atoms with E-state index in [0.717, 1.165) is 30.3 Å². The number of rotatable bonds is 7. The molecule has 3 saturated heterocycles. The Morgan fingerprint density at radius 3 is 2.51 bits per heavy atom. The highest BCUT2D eigenvalue weighted by molar-refractivity contribution is 6.35. The maximum atomic E-state index is 13.7. The summed E-state index contributed by atoms with van der Waals surface area (Å²) in [4.78, 5) is 49.0. The number of imide groups is 1. The van der Waals surface area contributed by atoms with Gasteiger partial charge in [-0.15, -0.1) is 0 Å². The van der Waals surface area contributed by atoms with Crippen molar-refractivity contribution < 1.29 is 14.4 Å². The van der Waals surface area contributed by atoms with Crippen molar-refractivity contribution in [2.24, 2.45) is 0 Å². The molecular formula is C32H36ClN5O3. The maximum absolute atomic E-state index is 13.7. The summed E-state index contributed by atoms with van der Waals surface area (Å²) in [5.41, 5.74) is 3.38. The molecule has 8 nitrogen and oxygen atoms in total. The molecule has 1 aromatic heterocycles. The van der Waals surface area contributed by atoms with Gasteiger partial charge in [0.1, 0.15) is 6.04 Å². The SMILES string of the molecule is O=C(N[C@@H]1CCCN2C(=O)N(c3ccc(C4(CCN5CCCC5)CCC4)cc3)C(=O)[C@H]12)c1ccc2c(Cl)c[nH]c2c1. The highest BCUT2D eigenvalue weighted by Crippen LogP contribution is 2.47. The fourth-order valence-electron chi connectivity index (χ4n) is 7.37. The molecule has 4 heterocycles. The van der Waals surface area contributed by atoms with Crippen molar-refractivity contribution in [3.63, 3.8) is 0 Å². The van der Waals surface area contributed by atoms with Gasteiger partial charge in [-0.2, -0.15) is 0 Å². The molecule has 1 aliphatic carbocycles. The highest BCUT2D eigenvalue weighted by atomic mass is 35.5. The van der Waals surface area contributed by atoms with E-state index in [-0.39, 0.29) is 23.3 Å². The molecular weight excluding hydrogens is 538 g/mol. The zero-order valence-corrected chi connectivity index (χ0v) is 24.0. The Hall–Kier alpha value is -3.36. The molecule has 4 fully saturated rings. The number of aromatic nitrogens is 1. The second-order valence-electron chi connectivity index (χ2n) is 12.2. The number of likely N-dealkylation sites (tertiary alicyclic amines) is 1. The number of carbonyl (C=O) groups excluding carboxylic acids is 3. The van der Waals surface area contributed by atoms with Crippen LogP contribution in [0.4, 0.5) is 10.5 Å². The predicted octanol–water partition coefficient (Wildman–Crippen LogP) is 5.46. The number of anilines is 1. The van der Waals surface area contributed by atoms with Gasteiger partial charge in [-0.05, 0) is 99.8 Å². The predicted molar refractivity (Wildman–Crippen MR) is 159 cm³/mol. The van der Waals surface area contributed by atoms with Crippen LogP contribution in [0.2, 0.25) is 5.02 Å². The number of piperidine rings is 1. The Bertz CT molecular complexity index is 1490. The average molecular weight is 574 g/mol. The molecule has 0 spiro atoms. The van der Waals surface area contributed by atoms with Gasteiger partial charge in [-0.25, -0.2) is 9.69 Å². The molecule has 41 heavy (non-hydrogen) atoms. The van der Waals surface area contributed by atoms with E-state index in [0.29, 0.717) is 29.2 Å². The zero-order chi connectivity index (χ0) is 28.1. The lowest BCUT2D eigenvalue weighted by Crippen LogP contribution is -2.55. The standard InChI is InChI=1S/C32H36ClN5O3/c33-25-20-34-27-19-21(6-11-24(25)27)29(39)35-26-5-3-17-37-28(26)30(40)38(31(37)41)23-9-7-22(8-10-23)32(12-4-13-32)14-18-36-15-1-2-16-36/h6-11,19-20,26,28,34H,1-5,12-18H2,(H,35,39)/t26-,28+/m1/s1. The summed E-state index contributed by atoms with van der Waals surface area (Å²) in [5.74, 6) is -0.543. The molecule has 2 N–H and O–H groups in total. The minimum atomic E-state index is -0.707. The Labute approximate surface area is 245 Å². The fraction of sp³-hybridized carbons (Fsp3) is 0.469. The van der Waals surface area contributed by atoms with Gasteiger partial charge in [0.2, 0.25) is 0 Å². The van der Waals surface area contributed by atoms with Crippen LogP contribution in [-0.4, -0.2) is 70.9 Å². The smallest absolute Gasteiger partial charge is 0.332 e. The number of hydrogen-bond acceptors (Lipinski definition) is 4. The Morgan fingerprint density at radius 2 is 1.78 bits per heavy atom. The largest absolute Gasteiger partial charge is 0.360 e. The van der Waals surface area contributed by atoms with Crippen LogP contribution >= 0.6 is 11.6 Å². The number of urea groups is 1. The van der Waals surface area contributed by atoms with Gasteiger partial charge in [-0.1, -0.05) is 36.2 Å². The number of nitrogens with one attached hydrogen (secondary N) is 2. The van der Waals surface area contributed by atoms with Crippen LogP contribution in [0, 0.1) is 0 Å². The molecule has 4 amide bonds. The van der Waals surface area contributed by atoms with Crippen LogP contribution in [0.15, 0.2) is 48.7 Å². The summed E-state index contributed by atoms with van der Waals surface area (Å²) in [6, 6.07) is 11.9. The van der Waals surface area contributed by atoms with Crippen LogP contribution in [-0.2, 0) is 10.2 Å². The summed E-state index contributed by atoms with van der Waals surface area (Å²) in [6.45, 7) is 4.07. The van der Waals surface area contributed by atoms with Crippen LogP contribution in [0.25, 0.3) is 10.9 Å². The van der Waals surface area contributed by atoms with Gasteiger partial charge in [-0.3, -0.25) is 9.59 Å². The number of halogens is 1. The van der Waals surface area contributed by atoms with E-state index in [9.17, 15) is 14.4 Å². The van der Waals surface area contributed by atoms with Crippen LogP contribution in [0.1, 0.15) is 67.3 Å². The number of nitrogens with zero attached hydrogens (tertiary/aromatic N) is 3. The number of H-pyrrole nitrogens is 1. The summed E-state index contributed by atoms with van der Waals surface area (Å²) in [6.07, 6.45) is 10.5. The summed E-state index contributed by atoms with van der Waals surface area (Å²) in [5, 5.41) is 4.50. The van der Waals surface area contributed by atoms with Gasteiger partial charge in [0.15, 0.2) is 0 Å². The van der Waals surface area contributed by atoms with E-state index < -0.39 is 12.1 Å². The van der Waals surface area contributed by atoms with Gasteiger partial charge in [0.05, 0.1) is 16.8 Å². The minimum absolute atomic E-state index is 0.210. The Balaban J connectivity index is 1.07. The molecule has 7 rings (SSSR count). The van der Waals surface area contributed by atoms with Crippen molar-refractivity contribution in [3.8, 4) is 0 Å². The number of amides is 4. The molecule has 3 aliphatic heterocycles. The normalized spacial score (nSPS) is 24.1. The number of benzene rings is 2. The van der Waals surface area contributed by atoms with Gasteiger partial charge >= 0.3 is 6.03 Å². The zero-order valence-electron chi connectivity index (χ0n) is 23.2. The molecule has 214 valence electrons. The summed E-state index contributed by atoms with van der Waals surface area (Å²) >= 11 is 6.18. The van der Waals surface area contributed by atoms with Crippen molar-refractivity contribution in [1.29, 1.82) is 0 Å². The second kappa shape index (κ2) is 10.5. The number of carbonyl (C=O) groups is 3. The second-order valence-corrected chi connectivity index (χ2v) is 12.6. The van der Waals surface area contributed by atoms with Crippen molar-refractivity contribution >= 4 is 46.0 Å². The molecule has 9 heteroatoms. The average Bonchev–Trinajstić information content (AvgIpc) is 3.68. The third-order valence-corrected chi connectivity index (χ3v) is 10.2. The molecule has 2 atom stereocenters. The van der Waals surface area contributed by atoms with Crippen LogP contribution < -0.4 is 10.2 Å². The van der Waals surface area contributed by atoms with E-state index in [1.54, 1.807) is 23.2 Å². The van der Waals surface area contributed by atoms with E-state index in [2.05, 4.69) is 27.3 Å². The lowest BCUT2D eigenvalue weighted by atomic mass is 9.62.